The molecule has 2 aromatic rings. The predicted octanol–water partition coefficient (Wildman–Crippen LogP) is 2.31. The molecule has 0 fully saturated rings. The zero-order valence-electron chi connectivity index (χ0n) is 11.1. The van der Waals surface area contributed by atoms with Crippen molar-refractivity contribution in [1.82, 2.24) is 5.43 Å². The number of halogens is 2. The first kappa shape index (κ1) is 13.8. The van der Waals surface area contributed by atoms with Crippen LogP contribution in [0.4, 0.5) is 8.78 Å². The van der Waals surface area contributed by atoms with Gasteiger partial charge in [-0.2, -0.15) is 0 Å². The zero-order chi connectivity index (χ0) is 14.8. The molecule has 6 heteroatoms. The Hall–Kier alpha value is -2.18. The maximum Gasteiger partial charge on any atom is 0.161 e. The molecule has 0 bridgehead atoms. The molecule has 4 nitrogen and oxygen atoms in total. The van der Waals surface area contributed by atoms with Crippen LogP contribution in [0.25, 0.3) is 0 Å². The van der Waals surface area contributed by atoms with Crippen LogP contribution in [0, 0.1) is 11.6 Å². The highest BCUT2D eigenvalue weighted by Gasteiger charge is 2.30. The van der Waals surface area contributed by atoms with Gasteiger partial charge >= 0.3 is 0 Å². The van der Waals surface area contributed by atoms with Gasteiger partial charge in [-0.1, -0.05) is 12.1 Å². The fourth-order valence-corrected chi connectivity index (χ4v) is 2.37. The largest absolute Gasteiger partial charge is 0.486 e. The van der Waals surface area contributed by atoms with Crippen molar-refractivity contribution in [2.75, 3.05) is 6.61 Å². The number of benzene rings is 2. The Balaban J connectivity index is 1.88. The second-order valence-electron chi connectivity index (χ2n) is 4.76. The topological polar surface area (TPSA) is 56.5 Å². The third kappa shape index (κ3) is 2.81. The molecular weight excluding hydrogens is 278 g/mol. The van der Waals surface area contributed by atoms with E-state index in [4.69, 9.17) is 15.3 Å². The van der Waals surface area contributed by atoms with Crippen molar-refractivity contribution in [3.63, 3.8) is 0 Å². The van der Waals surface area contributed by atoms with E-state index in [0.29, 0.717) is 17.1 Å². The number of para-hydroxylation sites is 2. The van der Waals surface area contributed by atoms with Crippen molar-refractivity contribution >= 4 is 0 Å². The summed E-state index contributed by atoms with van der Waals surface area (Å²) in [5, 5.41) is 0. The summed E-state index contributed by atoms with van der Waals surface area (Å²) in [5.41, 5.74) is 2.90. The van der Waals surface area contributed by atoms with E-state index >= 15 is 0 Å². The van der Waals surface area contributed by atoms with Crippen LogP contribution in [0.2, 0.25) is 0 Å². The minimum Gasteiger partial charge on any atom is -0.486 e. The van der Waals surface area contributed by atoms with Crippen LogP contribution in [0.15, 0.2) is 42.5 Å². The predicted molar refractivity (Wildman–Crippen MR) is 72.8 cm³/mol. The number of hydrogen-bond acceptors (Lipinski definition) is 4. The molecule has 1 aliphatic rings. The van der Waals surface area contributed by atoms with E-state index in [1.54, 1.807) is 12.1 Å². The maximum absolute atomic E-state index is 13.4. The van der Waals surface area contributed by atoms with Gasteiger partial charge in [-0.25, -0.2) is 14.2 Å². The lowest BCUT2D eigenvalue weighted by molar-refractivity contribution is 0.0615. The van der Waals surface area contributed by atoms with Crippen molar-refractivity contribution in [2.45, 2.75) is 12.1 Å². The van der Waals surface area contributed by atoms with E-state index in [1.165, 1.54) is 12.1 Å². The van der Waals surface area contributed by atoms with Crippen molar-refractivity contribution in [1.29, 1.82) is 0 Å². The standard InChI is InChI=1S/C15H14F2N2O2/c16-10-5-9(6-11(17)7-10)15(19-18)14-8-20-12-3-1-2-4-13(12)21-14/h1-7,14-15,19H,8,18H2. The number of hydrazine groups is 1. The van der Waals surface area contributed by atoms with E-state index in [2.05, 4.69) is 5.43 Å². The molecule has 3 rings (SSSR count). The molecule has 2 aromatic carbocycles. The first-order chi connectivity index (χ1) is 10.2. The van der Waals surface area contributed by atoms with Crippen LogP contribution in [0.1, 0.15) is 11.6 Å². The summed E-state index contributed by atoms with van der Waals surface area (Å²) in [7, 11) is 0. The molecule has 0 spiro atoms. The molecule has 0 radical (unpaired) electrons. The quantitative estimate of drug-likeness (QED) is 0.673. The van der Waals surface area contributed by atoms with Gasteiger partial charge in [-0.15, -0.1) is 0 Å². The van der Waals surface area contributed by atoms with E-state index in [9.17, 15) is 8.78 Å². The molecule has 21 heavy (non-hydrogen) atoms. The summed E-state index contributed by atoms with van der Waals surface area (Å²) in [4.78, 5) is 0. The fraction of sp³-hybridized carbons (Fsp3) is 0.200. The van der Waals surface area contributed by atoms with Crippen molar-refractivity contribution in [2.24, 2.45) is 5.84 Å². The Bertz CT molecular complexity index is 631. The van der Waals surface area contributed by atoms with Crippen molar-refractivity contribution in [3.05, 3.63) is 59.7 Å². The number of ether oxygens (including phenoxy) is 2. The fourth-order valence-electron chi connectivity index (χ4n) is 2.37. The number of fused-ring (bicyclic) bond motifs is 1. The van der Waals surface area contributed by atoms with Crippen LogP contribution in [0.3, 0.4) is 0 Å². The Morgan fingerprint density at radius 1 is 1.10 bits per heavy atom. The van der Waals surface area contributed by atoms with Gasteiger partial charge in [0.25, 0.3) is 0 Å². The Kier molecular flexibility index (Phi) is 3.72. The summed E-state index contributed by atoms with van der Waals surface area (Å²) < 4.78 is 38.1. The Morgan fingerprint density at radius 3 is 2.43 bits per heavy atom. The van der Waals surface area contributed by atoms with E-state index in [1.807, 2.05) is 12.1 Å². The first-order valence-electron chi connectivity index (χ1n) is 6.48. The number of rotatable bonds is 3. The molecule has 0 aliphatic carbocycles. The minimum absolute atomic E-state index is 0.226. The van der Waals surface area contributed by atoms with E-state index in [0.717, 1.165) is 6.07 Å². The van der Waals surface area contributed by atoms with Gasteiger partial charge in [0, 0.05) is 6.07 Å². The summed E-state index contributed by atoms with van der Waals surface area (Å²) in [5.74, 6) is 5.41. The van der Waals surface area contributed by atoms with Gasteiger partial charge in [-0.05, 0) is 29.8 Å². The molecule has 110 valence electrons. The van der Waals surface area contributed by atoms with Crippen molar-refractivity contribution in [3.8, 4) is 11.5 Å². The van der Waals surface area contributed by atoms with E-state index in [-0.39, 0.29) is 6.61 Å². The number of nitrogens with one attached hydrogen (secondary N) is 1. The Morgan fingerprint density at radius 2 is 1.76 bits per heavy atom. The van der Waals surface area contributed by atoms with Crippen LogP contribution in [-0.2, 0) is 0 Å². The Labute approximate surface area is 120 Å². The molecule has 0 saturated heterocycles. The highest BCUT2D eigenvalue weighted by molar-refractivity contribution is 5.41. The molecule has 0 aromatic heterocycles. The van der Waals surface area contributed by atoms with Crippen LogP contribution in [-0.4, -0.2) is 12.7 Å². The molecule has 2 atom stereocenters. The molecule has 0 saturated carbocycles. The maximum atomic E-state index is 13.4. The summed E-state index contributed by atoms with van der Waals surface area (Å²) in [6.07, 6.45) is -0.494. The van der Waals surface area contributed by atoms with Crippen molar-refractivity contribution < 1.29 is 18.3 Å². The van der Waals surface area contributed by atoms with Crippen LogP contribution >= 0.6 is 0 Å². The summed E-state index contributed by atoms with van der Waals surface area (Å²) >= 11 is 0. The second kappa shape index (κ2) is 5.67. The molecule has 1 aliphatic heterocycles. The average molecular weight is 292 g/mol. The number of nitrogens with two attached hydrogens (primary N) is 1. The normalized spacial score (nSPS) is 18.3. The summed E-state index contributed by atoms with van der Waals surface area (Å²) in [6.45, 7) is 0.226. The highest BCUT2D eigenvalue weighted by atomic mass is 19.1. The first-order valence-corrected chi connectivity index (χ1v) is 6.48. The highest BCUT2D eigenvalue weighted by Crippen LogP contribution is 2.34. The van der Waals surface area contributed by atoms with Gasteiger partial charge < -0.3 is 9.47 Å². The van der Waals surface area contributed by atoms with Crippen LogP contribution < -0.4 is 20.7 Å². The third-order valence-corrected chi connectivity index (χ3v) is 3.33. The van der Waals surface area contributed by atoms with Crippen LogP contribution in [0.5, 0.6) is 11.5 Å². The van der Waals surface area contributed by atoms with Gasteiger partial charge in [0.05, 0.1) is 6.04 Å². The lowest BCUT2D eigenvalue weighted by Gasteiger charge is -2.32. The molecule has 3 N–H and O–H groups in total. The molecule has 0 amide bonds. The molecule has 1 heterocycles. The van der Waals surface area contributed by atoms with Gasteiger partial charge in [-0.3, -0.25) is 5.84 Å². The SMILES string of the molecule is NNC(c1cc(F)cc(F)c1)C1COc2ccccc2O1. The zero-order valence-corrected chi connectivity index (χ0v) is 11.1. The molecule has 2 unspecified atom stereocenters. The minimum atomic E-state index is -0.664. The third-order valence-electron chi connectivity index (χ3n) is 3.33. The summed E-state index contributed by atoms with van der Waals surface area (Å²) in [6, 6.07) is 9.86. The lowest BCUT2D eigenvalue weighted by atomic mass is 10.0. The molecular formula is C15H14F2N2O2. The lowest BCUT2D eigenvalue weighted by Crippen LogP contribution is -2.44. The second-order valence-corrected chi connectivity index (χ2v) is 4.76. The average Bonchev–Trinajstić information content (AvgIpc) is 2.47. The smallest absolute Gasteiger partial charge is 0.161 e. The van der Waals surface area contributed by atoms with Gasteiger partial charge in [0.15, 0.2) is 17.6 Å². The van der Waals surface area contributed by atoms with Gasteiger partial charge in [0.2, 0.25) is 0 Å². The van der Waals surface area contributed by atoms with Gasteiger partial charge in [0.1, 0.15) is 18.2 Å². The number of hydrogen-bond donors (Lipinski definition) is 2. The monoisotopic (exact) mass is 292 g/mol. The van der Waals surface area contributed by atoms with E-state index < -0.39 is 23.8 Å².